The molecule has 0 bridgehead atoms. The summed E-state index contributed by atoms with van der Waals surface area (Å²) in [5.41, 5.74) is 5.78. The van der Waals surface area contributed by atoms with Crippen molar-refractivity contribution in [1.29, 1.82) is 0 Å². The molecule has 2 nitrogen and oxygen atoms in total. The fourth-order valence-electron chi connectivity index (χ4n) is 2.64. The lowest BCUT2D eigenvalue weighted by Crippen LogP contribution is -2.43. The Bertz CT molecular complexity index is 500. The highest BCUT2D eigenvalue weighted by molar-refractivity contribution is 8.00. The molecule has 0 unspecified atom stereocenters. The molecule has 1 aromatic rings. The van der Waals surface area contributed by atoms with E-state index in [-0.39, 0.29) is 23.3 Å². The van der Waals surface area contributed by atoms with Gasteiger partial charge in [-0.15, -0.1) is 0 Å². The molecule has 0 radical (unpaired) electrons. The van der Waals surface area contributed by atoms with E-state index in [2.05, 4.69) is 13.8 Å². The molecule has 1 aromatic carbocycles. The molecule has 0 saturated carbocycles. The van der Waals surface area contributed by atoms with Crippen LogP contribution in [0.1, 0.15) is 25.0 Å². The number of alkyl halides is 3. The minimum absolute atomic E-state index is 0.0621. The third kappa shape index (κ3) is 4.07. The van der Waals surface area contributed by atoms with Gasteiger partial charge in [0.2, 0.25) is 0 Å². The van der Waals surface area contributed by atoms with Crippen LogP contribution in [0.15, 0.2) is 18.2 Å². The summed E-state index contributed by atoms with van der Waals surface area (Å²) in [5, 5.41) is 0. The summed E-state index contributed by atoms with van der Waals surface area (Å²) in [7, 11) is 0. The molecule has 118 valence electrons. The Hall–Kier alpha value is -0.880. The highest BCUT2D eigenvalue weighted by Crippen LogP contribution is 2.37. The number of hydrogen-bond acceptors (Lipinski definition) is 3. The third-order valence-electron chi connectivity index (χ3n) is 3.60. The number of halogens is 3. The van der Waals surface area contributed by atoms with Gasteiger partial charge in [0.15, 0.2) is 0 Å². The monoisotopic (exact) mass is 318 g/mol. The van der Waals surface area contributed by atoms with Crippen LogP contribution in [-0.4, -0.2) is 30.1 Å². The number of anilines is 1. The van der Waals surface area contributed by atoms with Crippen molar-refractivity contribution in [1.82, 2.24) is 0 Å². The predicted molar refractivity (Wildman–Crippen MR) is 83.0 cm³/mol. The minimum Gasteiger partial charge on any atom is -0.369 e. The molecule has 1 heterocycles. The summed E-state index contributed by atoms with van der Waals surface area (Å²) in [6.45, 7) is 6.00. The summed E-state index contributed by atoms with van der Waals surface area (Å²) < 4.78 is 39.7. The van der Waals surface area contributed by atoms with Crippen LogP contribution in [0.25, 0.3) is 0 Å². The first-order valence-corrected chi connectivity index (χ1v) is 8.00. The summed E-state index contributed by atoms with van der Waals surface area (Å²) >= 11 is 1.86. The van der Waals surface area contributed by atoms with Gasteiger partial charge < -0.3 is 10.6 Å². The van der Waals surface area contributed by atoms with Crippen molar-refractivity contribution in [3.05, 3.63) is 29.3 Å². The maximum atomic E-state index is 13.2. The molecule has 0 aliphatic carbocycles. The Morgan fingerprint density at radius 3 is 2.62 bits per heavy atom. The Morgan fingerprint density at radius 1 is 1.33 bits per heavy atom. The van der Waals surface area contributed by atoms with Crippen molar-refractivity contribution >= 4 is 17.4 Å². The highest BCUT2D eigenvalue weighted by Gasteiger charge is 2.34. The number of thioether (sulfide) groups is 1. The average Bonchev–Trinajstić information content (AvgIpc) is 2.37. The van der Waals surface area contributed by atoms with Crippen LogP contribution in [0.5, 0.6) is 0 Å². The molecule has 1 aliphatic heterocycles. The Morgan fingerprint density at radius 2 is 2.05 bits per heavy atom. The van der Waals surface area contributed by atoms with Gasteiger partial charge in [-0.3, -0.25) is 0 Å². The number of hydrogen-bond donors (Lipinski definition) is 1. The maximum Gasteiger partial charge on any atom is 0.416 e. The zero-order valence-corrected chi connectivity index (χ0v) is 13.2. The molecular weight excluding hydrogens is 297 g/mol. The third-order valence-corrected chi connectivity index (χ3v) is 4.90. The zero-order chi connectivity index (χ0) is 15.7. The second-order valence-electron chi connectivity index (χ2n) is 5.91. The van der Waals surface area contributed by atoms with Crippen LogP contribution in [0.3, 0.4) is 0 Å². The topological polar surface area (TPSA) is 29.3 Å². The van der Waals surface area contributed by atoms with Gasteiger partial charge in [-0.1, -0.05) is 6.07 Å². The lowest BCUT2D eigenvalue weighted by Gasteiger charge is -2.39. The second-order valence-corrected chi connectivity index (χ2v) is 7.71. The average molecular weight is 318 g/mol. The van der Waals surface area contributed by atoms with Crippen LogP contribution in [0.2, 0.25) is 0 Å². The van der Waals surface area contributed by atoms with E-state index in [4.69, 9.17) is 5.73 Å². The summed E-state index contributed by atoms with van der Waals surface area (Å²) in [5.74, 6) is 0.929. The quantitative estimate of drug-likeness (QED) is 0.924. The van der Waals surface area contributed by atoms with Gasteiger partial charge in [0.25, 0.3) is 0 Å². The molecule has 1 fully saturated rings. The molecule has 0 spiro atoms. The van der Waals surface area contributed by atoms with Gasteiger partial charge in [-0.2, -0.15) is 24.9 Å². The van der Waals surface area contributed by atoms with Crippen LogP contribution in [0.4, 0.5) is 18.9 Å². The van der Waals surface area contributed by atoms with Gasteiger partial charge in [0.05, 0.1) is 5.56 Å². The number of nitrogens with two attached hydrogens (primary N) is 1. The smallest absolute Gasteiger partial charge is 0.369 e. The maximum absolute atomic E-state index is 13.2. The van der Waals surface area contributed by atoms with E-state index in [1.165, 1.54) is 6.07 Å². The van der Waals surface area contributed by atoms with E-state index in [1.807, 2.05) is 16.7 Å². The fraction of sp³-hybridized carbons (Fsp3) is 0.600. The largest absolute Gasteiger partial charge is 0.416 e. The van der Waals surface area contributed by atoms with E-state index in [1.54, 1.807) is 12.1 Å². The van der Waals surface area contributed by atoms with E-state index < -0.39 is 11.7 Å². The number of rotatable bonds is 3. The molecule has 1 saturated heterocycles. The van der Waals surface area contributed by atoms with Crippen LogP contribution in [-0.2, 0) is 12.6 Å². The van der Waals surface area contributed by atoms with Crippen molar-refractivity contribution in [2.24, 2.45) is 5.73 Å². The molecule has 2 N–H and O–H groups in total. The first-order valence-electron chi connectivity index (χ1n) is 7.02. The van der Waals surface area contributed by atoms with Gasteiger partial charge >= 0.3 is 6.18 Å². The zero-order valence-electron chi connectivity index (χ0n) is 12.3. The Kier molecular flexibility index (Phi) is 4.78. The molecule has 0 atom stereocenters. The van der Waals surface area contributed by atoms with Crippen LogP contribution < -0.4 is 10.6 Å². The van der Waals surface area contributed by atoms with E-state index in [0.29, 0.717) is 5.69 Å². The predicted octanol–water partition coefficient (Wildman–Crippen LogP) is 3.54. The van der Waals surface area contributed by atoms with Gasteiger partial charge in [0, 0.05) is 29.3 Å². The lowest BCUT2D eigenvalue weighted by atomic mass is 10.0. The first kappa shape index (κ1) is 16.5. The van der Waals surface area contributed by atoms with Crippen molar-refractivity contribution in [3.8, 4) is 0 Å². The summed E-state index contributed by atoms with van der Waals surface area (Å²) in [4.78, 5) is 2.04. The molecular formula is C15H21F3N2S. The Labute approximate surface area is 127 Å². The Balaban J connectivity index is 2.33. The highest BCUT2D eigenvalue weighted by atomic mass is 32.2. The fourth-order valence-corrected chi connectivity index (χ4v) is 3.75. The van der Waals surface area contributed by atoms with E-state index >= 15 is 0 Å². The van der Waals surface area contributed by atoms with Crippen molar-refractivity contribution in [2.45, 2.75) is 31.2 Å². The number of nitrogens with zero attached hydrogens (tertiary/aromatic N) is 1. The molecule has 2 rings (SSSR count). The SMILES string of the molecule is CC1(C)CN(c2ccc(CCN)c(C(F)(F)F)c2)CCS1. The molecule has 0 aromatic heterocycles. The first-order chi connectivity index (χ1) is 9.73. The number of benzene rings is 1. The molecule has 21 heavy (non-hydrogen) atoms. The van der Waals surface area contributed by atoms with E-state index in [0.717, 1.165) is 18.8 Å². The van der Waals surface area contributed by atoms with Gasteiger partial charge in [0.1, 0.15) is 0 Å². The van der Waals surface area contributed by atoms with Crippen molar-refractivity contribution in [2.75, 3.05) is 30.3 Å². The van der Waals surface area contributed by atoms with E-state index in [9.17, 15) is 13.2 Å². The van der Waals surface area contributed by atoms with Gasteiger partial charge in [-0.25, -0.2) is 0 Å². The van der Waals surface area contributed by atoms with Crippen LogP contribution in [0, 0.1) is 0 Å². The normalized spacial score (nSPS) is 18.9. The summed E-state index contributed by atoms with van der Waals surface area (Å²) in [6, 6.07) is 4.63. The van der Waals surface area contributed by atoms with Crippen LogP contribution >= 0.6 is 11.8 Å². The molecule has 6 heteroatoms. The van der Waals surface area contributed by atoms with Gasteiger partial charge in [-0.05, 0) is 44.5 Å². The van der Waals surface area contributed by atoms with Crippen molar-refractivity contribution < 1.29 is 13.2 Å². The molecule has 0 amide bonds. The van der Waals surface area contributed by atoms with Crippen molar-refractivity contribution in [3.63, 3.8) is 0 Å². The minimum atomic E-state index is -4.33. The second kappa shape index (κ2) is 6.08. The standard InChI is InChI=1S/C15H21F3N2S/c1-14(2)10-20(7-8-21-14)12-4-3-11(5-6-19)13(9-12)15(16,17)18/h3-4,9H,5-8,10,19H2,1-2H3. The lowest BCUT2D eigenvalue weighted by molar-refractivity contribution is -0.138. The summed E-state index contributed by atoms with van der Waals surface area (Å²) in [6.07, 6.45) is -4.09. The molecule has 1 aliphatic rings.